The van der Waals surface area contributed by atoms with Crippen LogP contribution in [0.15, 0.2) is 53.5 Å². The molecule has 2 aliphatic rings. The fraction of sp³-hybridized carbons (Fsp3) is 0.188. The molecule has 0 aliphatic carbocycles. The van der Waals surface area contributed by atoms with E-state index in [0.717, 1.165) is 17.0 Å². The van der Waals surface area contributed by atoms with Crippen LogP contribution in [-0.4, -0.2) is 28.9 Å². The molecule has 4 rings (SSSR count). The van der Waals surface area contributed by atoms with Gasteiger partial charge in [-0.3, -0.25) is 4.99 Å². The molecule has 0 fully saturated rings. The normalized spacial score (nSPS) is 23.5. The Morgan fingerprint density at radius 2 is 1.85 bits per heavy atom. The number of halogens is 1. The number of nitrogens with zero attached hydrogens (tertiary/aromatic N) is 2. The maximum atomic E-state index is 13.1. The van der Waals surface area contributed by atoms with Crippen LogP contribution in [0.5, 0.6) is 0 Å². The van der Waals surface area contributed by atoms with E-state index >= 15 is 0 Å². The molecule has 0 saturated heterocycles. The van der Waals surface area contributed by atoms with Gasteiger partial charge in [-0.05, 0) is 12.1 Å². The maximum Gasteiger partial charge on any atom is 0.193 e. The summed E-state index contributed by atoms with van der Waals surface area (Å²) in [7, 11) is 0. The fourth-order valence-corrected chi connectivity index (χ4v) is 3.11. The van der Waals surface area contributed by atoms with Crippen LogP contribution in [-0.2, 0) is 5.72 Å². The van der Waals surface area contributed by atoms with Crippen LogP contribution in [0.3, 0.4) is 0 Å². The van der Waals surface area contributed by atoms with Crippen molar-refractivity contribution in [3.63, 3.8) is 0 Å². The average molecular weight is 268 g/mol. The second-order valence-corrected chi connectivity index (χ2v) is 5.08. The molecule has 100 valence electrons. The van der Waals surface area contributed by atoms with Crippen LogP contribution in [0, 0.1) is 5.82 Å². The van der Waals surface area contributed by atoms with E-state index in [9.17, 15) is 9.50 Å². The van der Waals surface area contributed by atoms with E-state index in [-0.39, 0.29) is 5.82 Å². The molecule has 0 bridgehead atoms. The van der Waals surface area contributed by atoms with Crippen LogP contribution in [0.4, 0.5) is 4.39 Å². The third-order valence-corrected chi connectivity index (χ3v) is 4.02. The van der Waals surface area contributed by atoms with Gasteiger partial charge in [0, 0.05) is 23.2 Å². The number of aliphatic imine (C=N–C) groups is 1. The van der Waals surface area contributed by atoms with E-state index in [0.29, 0.717) is 18.7 Å². The second kappa shape index (κ2) is 3.90. The van der Waals surface area contributed by atoms with Gasteiger partial charge >= 0.3 is 0 Å². The van der Waals surface area contributed by atoms with Gasteiger partial charge in [0.2, 0.25) is 0 Å². The summed E-state index contributed by atoms with van der Waals surface area (Å²) in [6, 6.07) is 13.7. The first-order valence-electron chi connectivity index (χ1n) is 6.61. The Kier molecular flexibility index (Phi) is 2.26. The van der Waals surface area contributed by atoms with Crippen molar-refractivity contribution in [3.05, 3.63) is 71.0 Å². The van der Waals surface area contributed by atoms with Gasteiger partial charge in [-0.15, -0.1) is 0 Å². The van der Waals surface area contributed by atoms with Crippen LogP contribution < -0.4 is 0 Å². The molecule has 2 heterocycles. The SMILES string of the molecule is O[C@]1(c2ccc(F)cc2)c2ccccc2C2=NCCN21. The topological polar surface area (TPSA) is 35.8 Å². The molecule has 0 amide bonds. The van der Waals surface area contributed by atoms with Gasteiger partial charge in [0.05, 0.1) is 6.54 Å². The average Bonchev–Trinajstić information content (AvgIpc) is 3.04. The van der Waals surface area contributed by atoms with Crippen molar-refractivity contribution >= 4 is 5.84 Å². The highest BCUT2D eigenvalue weighted by Gasteiger charge is 2.49. The van der Waals surface area contributed by atoms with E-state index in [1.165, 1.54) is 12.1 Å². The van der Waals surface area contributed by atoms with Crippen molar-refractivity contribution in [2.24, 2.45) is 4.99 Å². The lowest BCUT2D eigenvalue weighted by Gasteiger charge is -2.33. The molecule has 0 radical (unpaired) electrons. The molecular formula is C16H13FN2O. The fourth-order valence-electron chi connectivity index (χ4n) is 3.11. The highest BCUT2D eigenvalue weighted by Crippen LogP contribution is 2.43. The van der Waals surface area contributed by atoms with Crippen LogP contribution in [0.1, 0.15) is 16.7 Å². The minimum Gasteiger partial charge on any atom is -0.363 e. The van der Waals surface area contributed by atoms with Crippen molar-refractivity contribution in [1.82, 2.24) is 4.90 Å². The van der Waals surface area contributed by atoms with Crippen molar-refractivity contribution in [3.8, 4) is 0 Å². The van der Waals surface area contributed by atoms with Gasteiger partial charge in [0.15, 0.2) is 5.72 Å². The third-order valence-electron chi connectivity index (χ3n) is 4.02. The van der Waals surface area contributed by atoms with Crippen molar-refractivity contribution in [2.45, 2.75) is 5.72 Å². The molecule has 1 N–H and O–H groups in total. The molecule has 2 aromatic rings. The minimum absolute atomic E-state index is 0.307. The van der Waals surface area contributed by atoms with E-state index in [1.807, 2.05) is 29.2 Å². The summed E-state index contributed by atoms with van der Waals surface area (Å²) in [4.78, 5) is 6.38. The number of fused-ring (bicyclic) bond motifs is 3. The predicted octanol–water partition coefficient (Wildman–Crippen LogP) is 2.09. The number of amidine groups is 1. The second-order valence-electron chi connectivity index (χ2n) is 5.08. The number of benzene rings is 2. The maximum absolute atomic E-state index is 13.1. The summed E-state index contributed by atoms with van der Waals surface area (Å²) in [5, 5.41) is 11.3. The summed E-state index contributed by atoms with van der Waals surface area (Å²) in [6.07, 6.45) is 0. The smallest absolute Gasteiger partial charge is 0.193 e. The molecule has 20 heavy (non-hydrogen) atoms. The zero-order chi connectivity index (χ0) is 13.7. The van der Waals surface area contributed by atoms with Crippen LogP contribution in [0.2, 0.25) is 0 Å². The van der Waals surface area contributed by atoms with E-state index < -0.39 is 5.72 Å². The van der Waals surface area contributed by atoms with E-state index in [1.54, 1.807) is 12.1 Å². The highest BCUT2D eigenvalue weighted by molar-refractivity contribution is 6.05. The molecule has 4 heteroatoms. The number of aliphatic hydroxyl groups is 1. The number of rotatable bonds is 1. The Hall–Kier alpha value is -2.20. The molecule has 1 atom stereocenters. The lowest BCUT2D eigenvalue weighted by Crippen LogP contribution is -2.43. The molecule has 3 nitrogen and oxygen atoms in total. The van der Waals surface area contributed by atoms with Gasteiger partial charge in [0.1, 0.15) is 11.7 Å². The molecule has 0 spiro atoms. The van der Waals surface area contributed by atoms with Gasteiger partial charge in [-0.2, -0.15) is 0 Å². The summed E-state index contributed by atoms with van der Waals surface area (Å²) in [6.45, 7) is 1.34. The third kappa shape index (κ3) is 1.34. The Bertz CT molecular complexity index is 711. The largest absolute Gasteiger partial charge is 0.363 e. The Balaban J connectivity index is 1.97. The van der Waals surface area contributed by atoms with E-state index in [2.05, 4.69) is 4.99 Å². The summed E-state index contributed by atoms with van der Waals surface area (Å²) in [5.41, 5.74) is 1.18. The Labute approximate surface area is 116 Å². The number of hydrogen-bond acceptors (Lipinski definition) is 3. The van der Waals surface area contributed by atoms with Crippen molar-refractivity contribution in [1.29, 1.82) is 0 Å². The van der Waals surface area contributed by atoms with Crippen LogP contribution in [0.25, 0.3) is 0 Å². The first kappa shape index (κ1) is 11.6. The summed E-state index contributed by atoms with van der Waals surface area (Å²) < 4.78 is 13.1. The zero-order valence-corrected chi connectivity index (χ0v) is 10.8. The molecular weight excluding hydrogens is 255 g/mol. The predicted molar refractivity (Wildman–Crippen MR) is 74.0 cm³/mol. The van der Waals surface area contributed by atoms with Crippen LogP contribution >= 0.6 is 0 Å². The zero-order valence-electron chi connectivity index (χ0n) is 10.8. The summed E-state index contributed by atoms with van der Waals surface area (Å²) in [5.74, 6) is 0.520. The Morgan fingerprint density at radius 1 is 1.10 bits per heavy atom. The van der Waals surface area contributed by atoms with Gasteiger partial charge in [-0.25, -0.2) is 4.39 Å². The first-order chi connectivity index (χ1) is 9.71. The van der Waals surface area contributed by atoms with Gasteiger partial charge < -0.3 is 10.0 Å². The van der Waals surface area contributed by atoms with Crippen molar-refractivity contribution < 1.29 is 9.50 Å². The molecule has 0 saturated carbocycles. The lowest BCUT2D eigenvalue weighted by molar-refractivity contribution is -0.0242. The van der Waals surface area contributed by atoms with Gasteiger partial charge in [-0.1, -0.05) is 36.4 Å². The standard InChI is InChI=1S/C16H13FN2O/c17-12-7-5-11(6-8-12)16(20)14-4-2-1-3-13(14)15-18-9-10-19(15)16/h1-8,20H,9-10H2/t16-/m1/s1. The minimum atomic E-state index is -1.25. The summed E-state index contributed by atoms with van der Waals surface area (Å²) >= 11 is 0. The molecule has 2 aromatic carbocycles. The first-order valence-corrected chi connectivity index (χ1v) is 6.61. The molecule has 2 aliphatic heterocycles. The van der Waals surface area contributed by atoms with Gasteiger partial charge in [0.25, 0.3) is 0 Å². The quantitative estimate of drug-likeness (QED) is 0.859. The Morgan fingerprint density at radius 3 is 2.65 bits per heavy atom. The lowest BCUT2D eigenvalue weighted by atomic mass is 9.93. The molecule has 0 aromatic heterocycles. The monoisotopic (exact) mass is 268 g/mol. The highest BCUT2D eigenvalue weighted by atomic mass is 19.1. The van der Waals surface area contributed by atoms with Crippen molar-refractivity contribution in [2.75, 3.05) is 13.1 Å². The van der Waals surface area contributed by atoms with E-state index in [4.69, 9.17) is 0 Å². The molecule has 0 unspecified atom stereocenters. The number of hydrogen-bond donors (Lipinski definition) is 1.